The molecule has 150 valence electrons. The van der Waals surface area contributed by atoms with Crippen molar-refractivity contribution < 1.29 is 23.8 Å². The van der Waals surface area contributed by atoms with Crippen LogP contribution in [-0.4, -0.2) is 31.8 Å². The third kappa shape index (κ3) is 4.73. The van der Waals surface area contributed by atoms with Gasteiger partial charge in [-0.3, -0.25) is 4.79 Å². The Bertz CT molecular complexity index is 1000. The Balaban J connectivity index is 1.71. The number of benzene rings is 2. The summed E-state index contributed by atoms with van der Waals surface area (Å²) in [6.07, 6.45) is 0.124. The highest BCUT2D eigenvalue weighted by atomic mass is 35.5. The van der Waals surface area contributed by atoms with Crippen molar-refractivity contribution >= 4 is 40.8 Å². The average Bonchev–Trinajstić information content (AvgIpc) is 3.18. The molecular weight excluding hydrogens is 419 g/mol. The van der Waals surface area contributed by atoms with Crippen molar-refractivity contribution in [2.45, 2.75) is 13.3 Å². The molecule has 0 N–H and O–H groups in total. The lowest BCUT2D eigenvalue weighted by Gasteiger charge is -2.22. The molecule has 0 atom stereocenters. The van der Waals surface area contributed by atoms with Gasteiger partial charge in [-0.1, -0.05) is 23.2 Å². The van der Waals surface area contributed by atoms with E-state index in [4.69, 9.17) is 42.7 Å². The molecule has 0 radical (unpaired) electrons. The molecular formula is C20H16Cl2N2O5. The average molecular weight is 435 g/mol. The van der Waals surface area contributed by atoms with E-state index in [0.29, 0.717) is 22.2 Å². The maximum absolute atomic E-state index is 12.7. The van der Waals surface area contributed by atoms with E-state index < -0.39 is 18.5 Å². The third-order valence-electron chi connectivity index (χ3n) is 4.19. The largest absolute Gasteiger partial charge is 0.454 e. The van der Waals surface area contributed by atoms with Crippen LogP contribution in [0.1, 0.15) is 22.3 Å². The Morgan fingerprint density at radius 3 is 2.72 bits per heavy atom. The van der Waals surface area contributed by atoms with E-state index in [1.165, 1.54) is 17.0 Å². The van der Waals surface area contributed by atoms with Gasteiger partial charge in [0.15, 0.2) is 18.1 Å². The molecule has 3 rings (SSSR count). The predicted octanol–water partition coefficient (Wildman–Crippen LogP) is 4.13. The first-order valence-electron chi connectivity index (χ1n) is 8.60. The van der Waals surface area contributed by atoms with Gasteiger partial charge in [0, 0.05) is 17.3 Å². The lowest BCUT2D eigenvalue weighted by Crippen LogP contribution is -2.35. The van der Waals surface area contributed by atoms with Crippen LogP contribution in [0.2, 0.25) is 10.0 Å². The van der Waals surface area contributed by atoms with Gasteiger partial charge >= 0.3 is 5.97 Å². The number of fused-ring (bicyclic) bond motifs is 1. The van der Waals surface area contributed by atoms with Crippen LogP contribution >= 0.6 is 23.2 Å². The van der Waals surface area contributed by atoms with E-state index in [-0.39, 0.29) is 30.3 Å². The highest BCUT2D eigenvalue weighted by Crippen LogP contribution is 2.39. The molecule has 1 amide bonds. The predicted molar refractivity (Wildman–Crippen MR) is 107 cm³/mol. The molecule has 0 fully saturated rings. The zero-order valence-corrected chi connectivity index (χ0v) is 16.9. The molecule has 1 heterocycles. The fourth-order valence-electron chi connectivity index (χ4n) is 2.73. The lowest BCUT2D eigenvalue weighted by molar-refractivity contribution is -0.121. The summed E-state index contributed by atoms with van der Waals surface area (Å²) >= 11 is 12.1. The number of rotatable bonds is 6. The number of hydrogen-bond donors (Lipinski definition) is 0. The van der Waals surface area contributed by atoms with Crippen molar-refractivity contribution in [3.8, 4) is 17.6 Å². The van der Waals surface area contributed by atoms with E-state index in [1.807, 2.05) is 13.0 Å². The van der Waals surface area contributed by atoms with E-state index in [0.717, 1.165) is 5.56 Å². The van der Waals surface area contributed by atoms with E-state index in [2.05, 4.69) is 0 Å². The topological polar surface area (TPSA) is 88.9 Å². The molecule has 0 saturated heterocycles. The van der Waals surface area contributed by atoms with Gasteiger partial charge in [0.1, 0.15) is 0 Å². The fourth-order valence-corrected chi connectivity index (χ4v) is 3.11. The molecule has 9 heteroatoms. The molecule has 1 aliphatic heterocycles. The number of carbonyl (C=O) groups excluding carboxylic acids is 2. The fraction of sp³-hybridized carbons (Fsp3) is 0.250. The molecule has 0 bridgehead atoms. The molecule has 0 aromatic heterocycles. The van der Waals surface area contributed by atoms with E-state index in [1.54, 1.807) is 18.2 Å². The smallest absolute Gasteiger partial charge is 0.338 e. The van der Waals surface area contributed by atoms with Crippen molar-refractivity contribution in [1.29, 1.82) is 5.26 Å². The van der Waals surface area contributed by atoms with Gasteiger partial charge < -0.3 is 19.1 Å². The summed E-state index contributed by atoms with van der Waals surface area (Å²) in [5.41, 5.74) is 1.48. The van der Waals surface area contributed by atoms with Crippen LogP contribution in [-0.2, 0) is 9.53 Å². The SMILES string of the molecule is Cc1cc(N(CCC#N)C(=O)COC(=O)c2cc(Cl)c3c(c2)OCO3)ccc1Cl. The first kappa shape index (κ1) is 20.8. The second-order valence-electron chi connectivity index (χ2n) is 6.15. The van der Waals surface area contributed by atoms with E-state index in [9.17, 15) is 9.59 Å². The Kier molecular flexibility index (Phi) is 6.47. The quantitative estimate of drug-likeness (QED) is 0.634. The van der Waals surface area contributed by atoms with Crippen molar-refractivity contribution in [2.24, 2.45) is 0 Å². The van der Waals surface area contributed by atoms with Crippen LogP contribution in [0.15, 0.2) is 30.3 Å². The number of esters is 1. The standard InChI is InChI=1S/C20H16Cl2N2O5/c1-12-7-14(3-4-15(12)21)24(6-2-5-23)18(25)10-27-20(26)13-8-16(22)19-17(9-13)28-11-29-19/h3-4,7-9H,2,6,10-11H2,1H3. The number of nitriles is 1. The molecule has 7 nitrogen and oxygen atoms in total. The van der Waals surface area contributed by atoms with Crippen molar-refractivity contribution in [2.75, 3.05) is 24.8 Å². The number of anilines is 1. The van der Waals surface area contributed by atoms with Crippen LogP contribution in [0, 0.1) is 18.3 Å². The van der Waals surface area contributed by atoms with Gasteiger partial charge in [-0.2, -0.15) is 5.26 Å². The summed E-state index contributed by atoms with van der Waals surface area (Å²) < 4.78 is 15.6. The summed E-state index contributed by atoms with van der Waals surface area (Å²) in [4.78, 5) is 26.4. The Labute approximate surface area is 177 Å². The van der Waals surface area contributed by atoms with Gasteiger partial charge in [0.05, 0.1) is 23.1 Å². The molecule has 0 unspecified atom stereocenters. The summed E-state index contributed by atoms with van der Waals surface area (Å²) in [5, 5.41) is 9.66. The number of halogens is 2. The number of amides is 1. The molecule has 2 aromatic rings. The summed E-state index contributed by atoms with van der Waals surface area (Å²) in [5.74, 6) is -0.503. The van der Waals surface area contributed by atoms with Crippen LogP contribution in [0.3, 0.4) is 0 Å². The van der Waals surface area contributed by atoms with Gasteiger partial charge in [0.2, 0.25) is 6.79 Å². The molecule has 2 aromatic carbocycles. The van der Waals surface area contributed by atoms with Gasteiger partial charge in [0.25, 0.3) is 5.91 Å². The third-order valence-corrected chi connectivity index (χ3v) is 4.90. The minimum Gasteiger partial charge on any atom is -0.454 e. The minimum absolute atomic E-state index is 0.0143. The summed E-state index contributed by atoms with van der Waals surface area (Å²) in [6.45, 7) is 1.48. The molecule has 0 spiro atoms. The van der Waals surface area contributed by atoms with Crippen molar-refractivity contribution in [3.63, 3.8) is 0 Å². The molecule has 1 aliphatic rings. The highest BCUT2D eigenvalue weighted by Gasteiger charge is 2.23. The van der Waals surface area contributed by atoms with Crippen LogP contribution in [0.5, 0.6) is 11.5 Å². The minimum atomic E-state index is -0.730. The van der Waals surface area contributed by atoms with Crippen molar-refractivity contribution in [1.82, 2.24) is 0 Å². The van der Waals surface area contributed by atoms with Crippen LogP contribution in [0.4, 0.5) is 5.69 Å². The Morgan fingerprint density at radius 2 is 2.00 bits per heavy atom. The van der Waals surface area contributed by atoms with Crippen LogP contribution in [0.25, 0.3) is 0 Å². The number of nitrogens with zero attached hydrogens (tertiary/aromatic N) is 2. The Morgan fingerprint density at radius 1 is 1.21 bits per heavy atom. The normalized spacial score (nSPS) is 11.7. The maximum Gasteiger partial charge on any atom is 0.338 e. The Hall–Kier alpha value is -2.95. The lowest BCUT2D eigenvalue weighted by atomic mass is 10.2. The molecule has 0 aliphatic carbocycles. The number of carbonyl (C=O) groups is 2. The summed E-state index contributed by atoms with van der Waals surface area (Å²) in [6, 6.07) is 9.90. The summed E-state index contributed by atoms with van der Waals surface area (Å²) in [7, 11) is 0. The molecule has 0 saturated carbocycles. The maximum atomic E-state index is 12.7. The van der Waals surface area contributed by atoms with E-state index >= 15 is 0 Å². The first-order chi connectivity index (χ1) is 13.9. The monoisotopic (exact) mass is 434 g/mol. The molecule has 29 heavy (non-hydrogen) atoms. The van der Waals surface area contributed by atoms with Gasteiger partial charge in [-0.15, -0.1) is 0 Å². The van der Waals surface area contributed by atoms with Gasteiger partial charge in [-0.25, -0.2) is 4.79 Å². The zero-order chi connectivity index (χ0) is 21.0. The number of ether oxygens (including phenoxy) is 3. The zero-order valence-electron chi connectivity index (χ0n) is 15.4. The number of aryl methyl sites for hydroxylation is 1. The highest BCUT2D eigenvalue weighted by molar-refractivity contribution is 6.32. The second-order valence-corrected chi connectivity index (χ2v) is 6.97. The first-order valence-corrected chi connectivity index (χ1v) is 9.36. The second kappa shape index (κ2) is 9.03. The van der Waals surface area contributed by atoms with Gasteiger partial charge in [-0.05, 0) is 42.8 Å². The van der Waals surface area contributed by atoms with Crippen LogP contribution < -0.4 is 14.4 Å². The number of hydrogen-bond acceptors (Lipinski definition) is 6. The van der Waals surface area contributed by atoms with Crippen molar-refractivity contribution in [3.05, 3.63) is 51.5 Å².